The molecule has 1 aliphatic rings. The molecule has 9 aromatic carbocycles. The summed E-state index contributed by atoms with van der Waals surface area (Å²) >= 11 is 0. The molecule has 0 saturated heterocycles. The first-order valence-electron chi connectivity index (χ1n) is 19.8. The third-order valence-corrected chi connectivity index (χ3v) is 11.8. The summed E-state index contributed by atoms with van der Waals surface area (Å²) in [5.41, 5.74) is 17.1. The van der Waals surface area contributed by atoms with E-state index in [-0.39, 0.29) is 0 Å². The molecule has 0 unspecified atom stereocenters. The molecule has 0 aliphatic heterocycles. The topological polar surface area (TPSA) is 34.2 Å². The van der Waals surface area contributed by atoms with E-state index in [1.54, 1.807) is 0 Å². The Balaban J connectivity index is 1.01. The van der Waals surface area contributed by atoms with Crippen molar-refractivity contribution < 1.29 is 4.42 Å². The molecule has 0 amide bonds. The van der Waals surface area contributed by atoms with Gasteiger partial charge in [0.05, 0.1) is 11.0 Å². The van der Waals surface area contributed by atoms with Gasteiger partial charge in [0.1, 0.15) is 5.52 Å². The molecule has 0 fully saturated rings. The maximum absolute atomic E-state index is 6.54. The highest BCUT2D eigenvalue weighted by Gasteiger charge is 2.23. The van der Waals surface area contributed by atoms with E-state index < -0.39 is 0 Å². The highest BCUT2D eigenvalue weighted by atomic mass is 16.3. The minimum Gasteiger partial charge on any atom is -0.435 e. The molecule has 58 heavy (non-hydrogen) atoms. The Morgan fingerprint density at radius 2 is 1.16 bits per heavy atom. The predicted octanol–water partition coefficient (Wildman–Crippen LogP) is 14.5. The van der Waals surface area contributed by atoms with Gasteiger partial charge in [-0.1, -0.05) is 121 Å². The van der Waals surface area contributed by atoms with Crippen LogP contribution in [0.2, 0.25) is 0 Å². The van der Waals surface area contributed by atoms with E-state index in [0.29, 0.717) is 5.89 Å². The second kappa shape index (κ2) is 12.9. The number of nitrogens with zero attached hydrogens (tertiary/aromatic N) is 3. The standard InChI is InChI=1S/C54H35N3O/c1-3-12-37(13-4-1)54-55-49-30-24-36-15-11-20-46(52(36)53(49)58-54)35-22-25-41(26-23-35)56(42-27-29-45-39(33-42)32-38-14-7-8-18-44(38)45)43-28-31-51-48(34-43)47-19-9-10-21-50(47)57(51)40-16-5-2-6-17-40/h1-31,33-34H,32H2. The van der Waals surface area contributed by atoms with Gasteiger partial charge in [-0.2, -0.15) is 0 Å². The number of anilines is 3. The van der Waals surface area contributed by atoms with Crippen molar-refractivity contribution in [3.8, 4) is 39.4 Å². The van der Waals surface area contributed by atoms with Crippen LogP contribution in [-0.4, -0.2) is 9.55 Å². The fourth-order valence-electron chi connectivity index (χ4n) is 9.16. The second-order valence-corrected chi connectivity index (χ2v) is 15.1. The van der Waals surface area contributed by atoms with Gasteiger partial charge in [-0.3, -0.25) is 0 Å². The smallest absolute Gasteiger partial charge is 0.227 e. The zero-order valence-corrected chi connectivity index (χ0v) is 31.5. The maximum atomic E-state index is 6.54. The van der Waals surface area contributed by atoms with E-state index >= 15 is 0 Å². The number of fused-ring (bicyclic) bond motifs is 9. The number of para-hydroxylation sites is 2. The van der Waals surface area contributed by atoms with Crippen molar-refractivity contribution in [3.05, 3.63) is 211 Å². The predicted molar refractivity (Wildman–Crippen MR) is 240 cm³/mol. The summed E-state index contributed by atoms with van der Waals surface area (Å²) in [7, 11) is 0. The molecule has 0 N–H and O–H groups in total. The molecule has 4 nitrogen and oxygen atoms in total. The zero-order valence-electron chi connectivity index (χ0n) is 31.5. The molecule has 0 spiro atoms. The Morgan fingerprint density at radius 1 is 0.466 bits per heavy atom. The van der Waals surface area contributed by atoms with Crippen molar-refractivity contribution in [2.45, 2.75) is 6.42 Å². The number of rotatable bonds is 6. The Labute approximate surface area is 335 Å². The SMILES string of the molecule is c1ccc(-c2nc3ccc4cccc(-c5ccc(N(c6ccc7c(c6)Cc6ccccc6-7)c6ccc7c(c6)c6ccccc6n7-c6ccccc6)cc5)c4c3o2)cc1. The van der Waals surface area contributed by atoms with E-state index in [0.717, 1.165) is 67.7 Å². The van der Waals surface area contributed by atoms with Crippen LogP contribution in [0.1, 0.15) is 11.1 Å². The first kappa shape index (κ1) is 32.5. The van der Waals surface area contributed by atoms with Crippen LogP contribution >= 0.6 is 0 Å². The van der Waals surface area contributed by atoms with Gasteiger partial charge in [-0.15, -0.1) is 0 Å². The summed E-state index contributed by atoms with van der Waals surface area (Å²) in [6.07, 6.45) is 0.929. The van der Waals surface area contributed by atoms with Gasteiger partial charge in [0.2, 0.25) is 5.89 Å². The third-order valence-electron chi connectivity index (χ3n) is 11.8. The van der Waals surface area contributed by atoms with Gasteiger partial charge >= 0.3 is 0 Å². The third kappa shape index (κ3) is 5.12. The highest BCUT2D eigenvalue weighted by Crippen LogP contribution is 2.44. The number of aromatic nitrogens is 2. The fraction of sp³-hybridized carbons (Fsp3) is 0.0185. The molecule has 0 radical (unpaired) electrons. The lowest BCUT2D eigenvalue weighted by molar-refractivity contribution is 0.623. The van der Waals surface area contributed by atoms with Crippen molar-refractivity contribution >= 4 is 60.7 Å². The fourth-order valence-corrected chi connectivity index (χ4v) is 9.16. The lowest BCUT2D eigenvalue weighted by Gasteiger charge is -2.26. The number of hydrogen-bond donors (Lipinski definition) is 0. The first-order chi connectivity index (χ1) is 28.7. The average molecular weight is 742 g/mol. The lowest BCUT2D eigenvalue weighted by Crippen LogP contribution is -2.10. The highest BCUT2D eigenvalue weighted by molar-refractivity contribution is 6.12. The summed E-state index contributed by atoms with van der Waals surface area (Å²) in [5, 5.41) is 4.63. The molecule has 2 aromatic heterocycles. The first-order valence-corrected chi connectivity index (χ1v) is 19.8. The number of benzene rings is 9. The van der Waals surface area contributed by atoms with Crippen molar-refractivity contribution in [2.24, 2.45) is 0 Å². The van der Waals surface area contributed by atoms with Crippen molar-refractivity contribution in [1.29, 1.82) is 0 Å². The van der Waals surface area contributed by atoms with Crippen molar-refractivity contribution in [1.82, 2.24) is 9.55 Å². The van der Waals surface area contributed by atoms with Gasteiger partial charge in [0, 0.05) is 44.5 Å². The van der Waals surface area contributed by atoms with Crippen LogP contribution < -0.4 is 4.90 Å². The Morgan fingerprint density at radius 3 is 2.03 bits per heavy atom. The summed E-state index contributed by atoms with van der Waals surface area (Å²) in [6.45, 7) is 0. The maximum Gasteiger partial charge on any atom is 0.227 e. The van der Waals surface area contributed by atoms with E-state index in [1.165, 1.54) is 44.1 Å². The van der Waals surface area contributed by atoms with E-state index in [1.807, 2.05) is 30.3 Å². The van der Waals surface area contributed by atoms with E-state index in [4.69, 9.17) is 9.40 Å². The number of hydrogen-bond acceptors (Lipinski definition) is 3. The average Bonchev–Trinajstić information content (AvgIpc) is 3.99. The van der Waals surface area contributed by atoms with Crippen LogP contribution in [-0.2, 0) is 6.42 Å². The van der Waals surface area contributed by atoms with Crippen LogP contribution in [0.15, 0.2) is 205 Å². The van der Waals surface area contributed by atoms with Crippen molar-refractivity contribution in [2.75, 3.05) is 4.90 Å². The van der Waals surface area contributed by atoms with Crippen LogP contribution in [0.5, 0.6) is 0 Å². The Kier molecular flexibility index (Phi) is 7.26. The molecule has 12 rings (SSSR count). The van der Waals surface area contributed by atoms with E-state index in [9.17, 15) is 0 Å². The monoisotopic (exact) mass is 741 g/mol. The molecule has 0 bridgehead atoms. The van der Waals surface area contributed by atoms with Gasteiger partial charge in [-0.05, 0) is 124 Å². The zero-order chi connectivity index (χ0) is 38.2. The molecule has 0 atom stereocenters. The van der Waals surface area contributed by atoms with Crippen LogP contribution in [0.4, 0.5) is 17.1 Å². The van der Waals surface area contributed by atoms with Gasteiger partial charge in [0.25, 0.3) is 0 Å². The lowest BCUT2D eigenvalue weighted by atomic mass is 9.97. The summed E-state index contributed by atoms with van der Waals surface area (Å²) < 4.78 is 8.92. The number of oxazole rings is 1. The molecule has 0 saturated carbocycles. The second-order valence-electron chi connectivity index (χ2n) is 15.1. The van der Waals surface area contributed by atoms with Gasteiger partial charge in [-0.25, -0.2) is 4.98 Å². The summed E-state index contributed by atoms with van der Waals surface area (Å²) in [4.78, 5) is 7.30. The quantitative estimate of drug-likeness (QED) is 0.170. The molecule has 11 aromatic rings. The van der Waals surface area contributed by atoms with Crippen LogP contribution in [0.3, 0.4) is 0 Å². The minimum atomic E-state index is 0.630. The van der Waals surface area contributed by atoms with Gasteiger partial charge < -0.3 is 13.9 Å². The summed E-state index contributed by atoms with van der Waals surface area (Å²) in [5.74, 6) is 0.630. The van der Waals surface area contributed by atoms with Crippen LogP contribution in [0.25, 0.3) is 83.1 Å². The molecule has 2 heterocycles. The van der Waals surface area contributed by atoms with Gasteiger partial charge in [0.15, 0.2) is 5.58 Å². The molecule has 272 valence electrons. The molecular weight excluding hydrogens is 707 g/mol. The molecule has 1 aliphatic carbocycles. The van der Waals surface area contributed by atoms with E-state index in [2.05, 4.69) is 179 Å². The summed E-state index contributed by atoms with van der Waals surface area (Å²) in [6, 6.07) is 71.8. The Hall–Kier alpha value is -7.69. The van der Waals surface area contributed by atoms with Crippen molar-refractivity contribution in [3.63, 3.8) is 0 Å². The molecular formula is C54H35N3O. The van der Waals surface area contributed by atoms with Crippen LogP contribution in [0, 0.1) is 0 Å². The Bertz CT molecular complexity index is 3360. The normalized spacial score (nSPS) is 12.1. The molecule has 4 heteroatoms. The minimum absolute atomic E-state index is 0.630. The largest absolute Gasteiger partial charge is 0.435 e.